The van der Waals surface area contributed by atoms with Crippen LogP contribution in [0.2, 0.25) is 0 Å². The molecule has 7 heteroatoms. The molecule has 2 atom stereocenters. The number of likely N-dealkylation sites (N-methyl/N-ethyl adjacent to an activating group) is 1. The van der Waals surface area contributed by atoms with Crippen LogP contribution in [-0.2, 0) is 6.42 Å². The quantitative estimate of drug-likeness (QED) is 0.847. The molecule has 20 heavy (non-hydrogen) atoms. The van der Waals surface area contributed by atoms with Gasteiger partial charge in [0.15, 0.2) is 0 Å². The Kier molecular flexibility index (Phi) is 5.01. The highest BCUT2D eigenvalue weighted by Crippen LogP contribution is 2.45. The van der Waals surface area contributed by atoms with Gasteiger partial charge < -0.3 is 9.73 Å². The summed E-state index contributed by atoms with van der Waals surface area (Å²) in [6, 6.07) is 0. The summed E-state index contributed by atoms with van der Waals surface area (Å²) in [7, 11) is 0. The highest BCUT2D eigenvalue weighted by atomic mass is 19.4. The number of alkyl halides is 3. The molecule has 2 rings (SSSR count). The van der Waals surface area contributed by atoms with Gasteiger partial charge in [0.1, 0.15) is 0 Å². The van der Waals surface area contributed by atoms with Crippen LogP contribution in [0.3, 0.4) is 0 Å². The molecule has 1 aromatic rings. The van der Waals surface area contributed by atoms with Crippen LogP contribution in [0.25, 0.3) is 0 Å². The van der Waals surface area contributed by atoms with Gasteiger partial charge in [0.25, 0.3) is 0 Å². The van der Waals surface area contributed by atoms with Crippen molar-refractivity contribution in [1.29, 1.82) is 0 Å². The molecule has 1 aliphatic carbocycles. The van der Waals surface area contributed by atoms with Gasteiger partial charge in [-0.15, -0.1) is 10.2 Å². The first-order valence-corrected chi connectivity index (χ1v) is 7.12. The third-order valence-corrected chi connectivity index (χ3v) is 3.75. The molecule has 1 aliphatic rings. The molecular weight excluding hydrogens is 271 g/mol. The van der Waals surface area contributed by atoms with Crippen LogP contribution in [0, 0.1) is 5.92 Å². The Morgan fingerprint density at radius 2 is 2.00 bits per heavy atom. The van der Waals surface area contributed by atoms with Gasteiger partial charge in [-0.25, -0.2) is 0 Å². The summed E-state index contributed by atoms with van der Waals surface area (Å²) in [5.74, 6) is -1.46. The van der Waals surface area contributed by atoms with Crippen molar-refractivity contribution in [2.45, 2.75) is 51.1 Å². The van der Waals surface area contributed by atoms with Crippen molar-refractivity contribution in [3.05, 3.63) is 11.8 Å². The first-order chi connectivity index (χ1) is 9.52. The van der Waals surface area contributed by atoms with Gasteiger partial charge in [0, 0.05) is 18.9 Å². The lowest BCUT2D eigenvalue weighted by Gasteiger charge is -2.30. The zero-order chi connectivity index (χ0) is 14.6. The van der Waals surface area contributed by atoms with Crippen molar-refractivity contribution in [3.8, 4) is 0 Å². The number of hydrogen-bond acceptors (Lipinski definition) is 4. The van der Waals surface area contributed by atoms with Crippen molar-refractivity contribution >= 4 is 0 Å². The van der Waals surface area contributed by atoms with Crippen LogP contribution in [-0.4, -0.2) is 29.5 Å². The molecular formula is C13H20F3N3O. The van der Waals surface area contributed by atoms with Gasteiger partial charge in [-0.05, 0) is 19.4 Å². The van der Waals surface area contributed by atoms with E-state index in [-0.39, 0.29) is 12.3 Å². The van der Waals surface area contributed by atoms with Crippen molar-refractivity contribution in [2.24, 2.45) is 5.92 Å². The monoisotopic (exact) mass is 291 g/mol. The topological polar surface area (TPSA) is 51.0 Å². The summed E-state index contributed by atoms with van der Waals surface area (Å²) in [5.41, 5.74) is 0. The van der Waals surface area contributed by atoms with E-state index in [4.69, 9.17) is 4.42 Å². The minimum Gasteiger partial charge on any atom is -0.425 e. The number of nitrogens with one attached hydrogen (secondary N) is 1. The first kappa shape index (κ1) is 15.3. The Morgan fingerprint density at radius 1 is 1.25 bits per heavy atom. The zero-order valence-corrected chi connectivity index (χ0v) is 11.5. The summed E-state index contributed by atoms with van der Waals surface area (Å²) in [4.78, 5) is 0. The molecule has 0 radical (unpaired) electrons. The van der Waals surface area contributed by atoms with Gasteiger partial charge in [-0.3, -0.25) is 0 Å². The van der Waals surface area contributed by atoms with Crippen LogP contribution in [0.1, 0.15) is 50.3 Å². The van der Waals surface area contributed by atoms with E-state index in [1.807, 2.05) is 6.92 Å². The third kappa shape index (κ3) is 3.71. The van der Waals surface area contributed by atoms with Gasteiger partial charge in [0.05, 0.1) is 5.92 Å². The summed E-state index contributed by atoms with van der Waals surface area (Å²) >= 11 is 0. The lowest BCUT2D eigenvalue weighted by Crippen LogP contribution is -2.31. The Morgan fingerprint density at radius 3 is 2.70 bits per heavy atom. The van der Waals surface area contributed by atoms with Crippen LogP contribution >= 0.6 is 0 Å². The maximum Gasteiger partial charge on any atom is 0.392 e. The first-order valence-electron chi connectivity index (χ1n) is 7.12. The maximum atomic E-state index is 13.0. The van der Waals surface area contributed by atoms with Crippen molar-refractivity contribution < 1.29 is 17.6 Å². The van der Waals surface area contributed by atoms with Crippen molar-refractivity contribution in [3.63, 3.8) is 0 Å². The van der Waals surface area contributed by atoms with E-state index in [1.165, 1.54) is 0 Å². The SMILES string of the molecule is CCNCCc1nnc(C2CCCCC2C(F)(F)F)o1. The molecule has 1 saturated carbocycles. The summed E-state index contributed by atoms with van der Waals surface area (Å²) in [5, 5.41) is 10.8. The molecule has 4 nitrogen and oxygen atoms in total. The minimum atomic E-state index is -4.19. The molecule has 0 spiro atoms. The number of halogens is 3. The van der Waals surface area contributed by atoms with Gasteiger partial charge in [-0.1, -0.05) is 19.8 Å². The van der Waals surface area contributed by atoms with Gasteiger partial charge in [0.2, 0.25) is 11.8 Å². The van der Waals surface area contributed by atoms with Crippen LogP contribution in [0.15, 0.2) is 4.42 Å². The third-order valence-electron chi connectivity index (χ3n) is 3.75. The number of rotatable bonds is 5. The second-order valence-corrected chi connectivity index (χ2v) is 5.18. The van der Waals surface area contributed by atoms with Gasteiger partial charge in [-0.2, -0.15) is 13.2 Å². The second kappa shape index (κ2) is 6.56. The predicted octanol–water partition coefficient (Wildman–Crippen LogP) is 3.06. The lowest BCUT2D eigenvalue weighted by molar-refractivity contribution is -0.188. The zero-order valence-electron chi connectivity index (χ0n) is 11.5. The van der Waals surface area contributed by atoms with Crippen LogP contribution in [0.5, 0.6) is 0 Å². The van der Waals surface area contributed by atoms with E-state index in [1.54, 1.807) is 0 Å². The number of nitrogens with zero attached hydrogens (tertiary/aromatic N) is 2. The Labute approximate surface area is 116 Å². The molecule has 0 saturated heterocycles. The standard InChI is InChI=1S/C13H20F3N3O/c1-2-17-8-7-11-18-19-12(20-11)9-5-3-4-6-10(9)13(14,15)16/h9-10,17H,2-8H2,1H3. The Hall–Kier alpha value is -1.11. The average Bonchev–Trinajstić information content (AvgIpc) is 2.87. The fourth-order valence-corrected chi connectivity index (χ4v) is 2.71. The molecule has 114 valence electrons. The summed E-state index contributed by atoms with van der Waals surface area (Å²) < 4.78 is 44.5. The predicted molar refractivity (Wildman–Crippen MR) is 67.3 cm³/mol. The summed E-state index contributed by atoms with van der Waals surface area (Å²) in [6.07, 6.45) is -1.62. The number of aromatic nitrogens is 2. The van der Waals surface area contributed by atoms with E-state index in [9.17, 15) is 13.2 Å². The molecule has 1 heterocycles. The molecule has 1 aromatic heterocycles. The Balaban J connectivity index is 2.05. The molecule has 0 aliphatic heterocycles. The van der Waals surface area contributed by atoms with E-state index in [0.29, 0.717) is 31.7 Å². The Bertz CT molecular complexity index is 419. The van der Waals surface area contributed by atoms with E-state index in [0.717, 1.165) is 13.0 Å². The van der Waals surface area contributed by atoms with Crippen molar-refractivity contribution in [1.82, 2.24) is 15.5 Å². The summed E-state index contributed by atoms with van der Waals surface area (Å²) in [6.45, 7) is 3.50. The number of hydrogen-bond donors (Lipinski definition) is 1. The second-order valence-electron chi connectivity index (χ2n) is 5.18. The molecule has 0 amide bonds. The molecule has 0 aromatic carbocycles. The van der Waals surface area contributed by atoms with E-state index in [2.05, 4.69) is 15.5 Å². The normalized spacial score (nSPS) is 24.0. The molecule has 2 unspecified atom stereocenters. The molecule has 1 fully saturated rings. The van der Waals surface area contributed by atoms with Crippen LogP contribution in [0.4, 0.5) is 13.2 Å². The van der Waals surface area contributed by atoms with E-state index >= 15 is 0 Å². The largest absolute Gasteiger partial charge is 0.425 e. The van der Waals surface area contributed by atoms with Crippen LogP contribution < -0.4 is 5.32 Å². The van der Waals surface area contributed by atoms with E-state index < -0.39 is 18.0 Å². The van der Waals surface area contributed by atoms with Gasteiger partial charge >= 0.3 is 6.18 Å². The smallest absolute Gasteiger partial charge is 0.392 e. The highest BCUT2D eigenvalue weighted by molar-refractivity contribution is 4.99. The molecule has 0 bridgehead atoms. The fraction of sp³-hybridized carbons (Fsp3) is 0.846. The van der Waals surface area contributed by atoms with Crippen molar-refractivity contribution in [2.75, 3.05) is 13.1 Å². The lowest BCUT2D eigenvalue weighted by atomic mass is 9.79. The minimum absolute atomic E-state index is 0.151. The average molecular weight is 291 g/mol. The maximum absolute atomic E-state index is 13.0. The fourth-order valence-electron chi connectivity index (χ4n) is 2.71. The highest BCUT2D eigenvalue weighted by Gasteiger charge is 2.47. The molecule has 1 N–H and O–H groups in total.